The second-order valence-electron chi connectivity index (χ2n) is 20.9. The number of aromatic nitrogens is 2. The number of nitrogens with one attached hydrogen (secondary N) is 2. The standard InChI is InChI=1S/C11H12O2.C10H19NO2.C9H18N2O.C9H17NO2.C8H10N2O2.C8H16N2O.C8H15NO2.C7H13NO2/c1-2-11(12)13-9-8-10-6-4-3-5-7-10;1-5-11(6-2)7-8-13-10(12)9(3)4;1-8(2)9(12)10-6-5-7-11(3)4;1-4-9(11)12-8-7-10(5-2)6-3;1-2-8(11)12-6-5-10-4-3-9-7-10;1-4-8(11)9-6-5-7-10(2)3;1-7(2)8(10)11-6-5-9(3)4;1-4-7(9)10-6-5-8(2)3/h2-7H,1,8-9H2;3,5-8H2,1-2,4H3;1,5-7H2,2-4H3,(H,10,12);4H,1,5-8H2,2-3H3;2-4,7H,1,5-6H2;4H,1,5-7H2,2-3H3,(H,9,11);1,5-6H2,2-4H3;4H,1,5-6H2,2-3H3. The van der Waals surface area contributed by atoms with Crippen LogP contribution >= 0.6 is 0 Å². The SMILES string of the molecule is C=C(C)C(=O)NCCCN(C)C.C=C(C)C(=O)OCCN(C)C.C=C(C)C(=O)OCCN(CC)CC.C=CC(=O)NCCCN(C)C.C=CC(=O)OCCN(C)C.C=CC(=O)OCCN(CC)CC.C=CC(=O)OCCc1ccccc1.C=CC(=O)OCCn1ccnc1. The zero-order valence-electron chi connectivity index (χ0n) is 60.0. The van der Waals surface area contributed by atoms with Crippen LogP contribution in [0.15, 0.2) is 149 Å². The summed E-state index contributed by atoms with van der Waals surface area (Å²) in [5, 5.41) is 5.48. The number of nitrogens with zero attached hydrogens (tertiary/aromatic N) is 8. The Morgan fingerprint density at radius 3 is 1.17 bits per heavy atom. The van der Waals surface area contributed by atoms with E-state index in [1.54, 1.807) is 33.3 Å². The van der Waals surface area contributed by atoms with Crippen molar-refractivity contribution in [3.8, 4) is 0 Å². The molecular formula is C70H120N10O14. The third-order valence-electron chi connectivity index (χ3n) is 11.4. The molecule has 1 aromatic carbocycles. The molecule has 24 nitrogen and oxygen atoms in total. The number of hydrogen-bond acceptors (Lipinski definition) is 21. The Morgan fingerprint density at radius 2 is 0.830 bits per heavy atom. The highest BCUT2D eigenvalue weighted by Gasteiger charge is 2.06. The van der Waals surface area contributed by atoms with Gasteiger partial charge in [0.2, 0.25) is 11.8 Å². The van der Waals surface area contributed by atoms with Crippen molar-refractivity contribution in [3.63, 3.8) is 0 Å². The summed E-state index contributed by atoms with van der Waals surface area (Å²) in [7, 11) is 15.7. The van der Waals surface area contributed by atoms with E-state index in [1.165, 1.54) is 23.8 Å². The summed E-state index contributed by atoms with van der Waals surface area (Å²) >= 11 is 0. The van der Waals surface area contributed by atoms with Gasteiger partial charge in [0.05, 0.1) is 19.5 Å². The molecule has 0 unspecified atom stereocenters. The van der Waals surface area contributed by atoms with E-state index in [9.17, 15) is 38.4 Å². The van der Waals surface area contributed by atoms with Crippen LogP contribution in [0, 0.1) is 0 Å². The van der Waals surface area contributed by atoms with E-state index < -0.39 is 5.97 Å². The van der Waals surface area contributed by atoms with E-state index in [4.69, 9.17) is 28.4 Å². The van der Waals surface area contributed by atoms with Gasteiger partial charge in [-0.05, 0) is 141 Å². The fourth-order valence-corrected chi connectivity index (χ4v) is 5.77. The van der Waals surface area contributed by atoms with Crippen molar-refractivity contribution in [1.29, 1.82) is 0 Å². The minimum atomic E-state index is -0.393. The first-order valence-corrected chi connectivity index (χ1v) is 31.1. The van der Waals surface area contributed by atoms with E-state index in [-0.39, 0.29) is 41.7 Å². The van der Waals surface area contributed by atoms with E-state index in [2.05, 4.69) is 116 Å². The molecule has 2 aromatic rings. The topological polar surface area (TPSA) is 253 Å². The number of carbonyl (C=O) groups is 8. The third-order valence-corrected chi connectivity index (χ3v) is 11.4. The molecule has 94 heavy (non-hydrogen) atoms. The average Bonchev–Trinajstić information content (AvgIpc) is 3.02. The summed E-state index contributed by atoms with van der Waals surface area (Å²) < 4.78 is 30.7. The average molecular weight is 1330 g/mol. The fourth-order valence-electron chi connectivity index (χ4n) is 5.77. The molecule has 2 rings (SSSR count). The zero-order chi connectivity index (χ0) is 73.1. The molecule has 0 radical (unpaired) electrons. The summed E-state index contributed by atoms with van der Waals surface area (Å²) in [6, 6.07) is 9.89. The Balaban J connectivity index is -0.000000236. The van der Waals surface area contributed by atoms with Gasteiger partial charge < -0.3 is 73.0 Å². The molecule has 0 spiro atoms. The van der Waals surface area contributed by atoms with Gasteiger partial charge in [-0.3, -0.25) is 9.59 Å². The second-order valence-corrected chi connectivity index (χ2v) is 20.9. The number of likely N-dealkylation sites (N-methyl/N-ethyl adjacent to an activating group) is 4. The maximum Gasteiger partial charge on any atom is 0.333 e. The van der Waals surface area contributed by atoms with Crippen molar-refractivity contribution in [1.82, 2.24) is 49.6 Å². The molecule has 0 aliphatic heterocycles. The Kier molecular flexibility index (Phi) is 71.4. The molecule has 2 amide bonds. The van der Waals surface area contributed by atoms with Crippen LogP contribution < -0.4 is 10.6 Å². The number of imidazole rings is 1. The number of esters is 6. The van der Waals surface area contributed by atoms with Crippen LogP contribution in [0.5, 0.6) is 0 Å². The van der Waals surface area contributed by atoms with Gasteiger partial charge in [0.15, 0.2) is 0 Å². The zero-order valence-corrected chi connectivity index (χ0v) is 60.0. The minimum absolute atomic E-state index is 0.0474. The number of carbonyl (C=O) groups excluding carboxylic acids is 8. The molecule has 24 heteroatoms. The number of hydrogen-bond donors (Lipinski definition) is 2. The summed E-state index contributed by atoms with van der Waals surface area (Å²) in [4.78, 5) is 102. The highest BCUT2D eigenvalue weighted by molar-refractivity contribution is 5.92. The smallest absolute Gasteiger partial charge is 0.333 e. The van der Waals surface area contributed by atoms with Crippen LogP contribution in [0.3, 0.4) is 0 Å². The molecule has 534 valence electrons. The van der Waals surface area contributed by atoms with E-state index in [0.29, 0.717) is 62.9 Å². The normalized spacial score (nSPS) is 9.71. The molecule has 1 heterocycles. The van der Waals surface area contributed by atoms with Gasteiger partial charge in [-0.2, -0.15) is 0 Å². The Morgan fingerprint density at radius 1 is 0.468 bits per heavy atom. The summed E-state index contributed by atoms with van der Waals surface area (Å²) in [5.74, 6) is -2.22. The van der Waals surface area contributed by atoms with E-state index in [0.717, 1.165) is 110 Å². The first-order chi connectivity index (χ1) is 44.4. The fraction of sp³-hybridized carbons (Fsp3) is 0.529. The van der Waals surface area contributed by atoms with Crippen molar-refractivity contribution >= 4 is 47.6 Å². The number of rotatable bonds is 38. The number of ether oxygens (including phenoxy) is 6. The molecule has 0 saturated carbocycles. The quantitative estimate of drug-likeness (QED) is 0.0300. The first kappa shape index (κ1) is 97.0. The lowest BCUT2D eigenvalue weighted by Crippen LogP contribution is -2.27. The minimum Gasteiger partial charge on any atom is -0.462 e. The molecule has 0 saturated heterocycles. The predicted molar refractivity (Wildman–Crippen MR) is 379 cm³/mol. The first-order valence-electron chi connectivity index (χ1n) is 31.1. The third kappa shape index (κ3) is 76.3. The highest BCUT2D eigenvalue weighted by Crippen LogP contribution is 2.00. The van der Waals surface area contributed by atoms with Crippen molar-refractivity contribution in [3.05, 3.63) is 154 Å². The van der Waals surface area contributed by atoms with Crippen molar-refractivity contribution in [2.24, 2.45) is 0 Å². The summed E-state index contributed by atoms with van der Waals surface area (Å²) in [5.41, 5.74) is 2.64. The molecule has 1 aromatic heterocycles. The molecular weight excluding hydrogens is 1200 g/mol. The number of benzene rings is 1. The molecule has 0 aliphatic carbocycles. The van der Waals surface area contributed by atoms with Crippen molar-refractivity contribution in [2.45, 2.75) is 74.3 Å². The maximum atomic E-state index is 11.0. The Hall–Kier alpha value is -8.13. The van der Waals surface area contributed by atoms with Gasteiger partial charge >= 0.3 is 35.8 Å². The lowest BCUT2D eigenvalue weighted by Gasteiger charge is -2.17. The lowest BCUT2D eigenvalue weighted by atomic mass is 10.2. The monoisotopic (exact) mass is 1320 g/mol. The van der Waals surface area contributed by atoms with Gasteiger partial charge in [0.1, 0.15) is 33.0 Å². The largest absolute Gasteiger partial charge is 0.462 e. The molecule has 0 aliphatic rings. The van der Waals surface area contributed by atoms with Crippen molar-refractivity contribution < 1.29 is 66.8 Å². The van der Waals surface area contributed by atoms with Crippen molar-refractivity contribution in [2.75, 3.05) is 175 Å². The summed E-state index contributed by atoms with van der Waals surface area (Å²) in [6.45, 7) is 54.0. The van der Waals surface area contributed by atoms with Crippen LogP contribution in [0.4, 0.5) is 0 Å². The second kappa shape index (κ2) is 69.2. The highest BCUT2D eigenvalue weighted by atomic mass is 16.6. The van der Waals surface area contributed by atoms with Gasteiger partial charge in [-0.1, -0.05) is 111 Å². The maximum absolute atomic E-state index is 11.0. The van der Waals surface area contributed by atoms with Crippen LogP contribution in [-0.4, -0.2) is 261 Å². The molecule has 0 fully saturated rings. The van der Waals surface area contributed by atoms with Crippen LogP contribution in [0.2, 0.25) is 0 Å². The predicted octanol–water partition coefficient (Wildman–Crippen LogP) is 6.89. The Bertz CT molecular complexity index is 2390. The van der Waals surface area contributed by atoms with Crippen LogP contribution in [0.25, 0.3) is 0 Å². The molecule has 0 atom stereocenters. The molecule has 0 bridgehead atoms. The van der Waals surface area contributed by atoms with E-state index in [1.807, 2.05) is 107 Å². The Labute approximate surface area is 565 Å². The van der Waals surface area contributed by atoms with Gasteiger partial charge in [0.25, 0.3) is 0 Å². The van der Waals surface area contributed by atoms with Crippen LogP contribution in [-0.2, 0) is 79.7 Å². The molecule has 2 N–H and O–H groups in total. The number of amides is 2. The summed E-state index contributed by atoms with van der Waals surface area (Å²) in [6.07, 6.45) is 13.8. The van der Waals surface area contributed by atoms with Gasteiger partial charge in [0, 0.05) is 99.1 Å². The van der Waals surface area contributed by atoms with Gasteiger partial charge in [-0.25, -0.2) is 33.8 Å². The lowest BCUT2D eigenvalue weighted by molar-refractivity contribution is -0.140. The van der Waals surface area contributed by atoms with E-state index >= 15 is 0 Å². The van der Waals surface area contributed by atoms with Crippen LogP contribution in [0.1, 0.15) is 66.9 Å². The van der Waals surface area contributed by atoms with Gasteiger partial charge in [-0.15, -0.1) is 0 Å².